The average Bonchev–Trinajstić information content (AvgIpc) is 3.56. The SMILES string of the molecule is CCOC(=O)c1ccc(CN(c2nc(-c3ccc(Cl)cc3Cl)c(C)s2)C(CC)C2CC2)cc1. The quantitative estimate of drug-likeness (QED) is 0.280. The Kier molecular flexibility index (Phi) is 7.62. The molecular formula is C26H28Cl2N2O2S. The van der Waals surface area contributed by atoms with Gasteiger partial charge in [-0.25, -0.2) is 9.78 Å². The van der Waals surface area contributed by atoms with Crippen molar-refractivity contribution in [2.75, 3.05) is 11.5 Å². The van der Waals surface area contributed by atoms with Crippen LogP contribution >= 0.6 is 34.5 Å². The monoisotopic (exact) mass is 502 g/mol. The number of benzene rings is 2. The van der Waals surface area contributed by atoms with Gasteiger partial charge in [0.2, 0.25) is 0 Å². The molecular weight excluding hydrogens is 475 g/mol. The highest BCUT2D eigenvalue weighted by atomic mass is 35.5. The van der Waals surface area contributed by atoms with Crippen LogP contribution in [0.4, 0.5) is 5.13 Å². The molecule has 33 heavy (non-hydrogen) atoms. The summed E-state index contributed by atoms with van der Waals surface area (Å²) in [4.78, 5) is 20.6. The molecule has 0 bridgehead atoms. The number of nitrogens with zero attached hydrogens (tertiary/aromatic N) is 2. The molecule has 7 heteroatoms. The van der Waals surface area contributed by atoms with Crippen LogP contribution in [0.2, 0.25) is 10.0 Å². The van der Waals surface area contributed by atoms with Crippen molar-refractivity contribution in [2.45, 2.75) is 52.6 Å². The van der Waals surface area contributed by atoms with E-state index in [-0.39, 0.29) is 5.97 Å². The van der Waals surface area contributed by atoms with Gasteiger partial charge in [0, 0.05) is 28.0 Å². The van der Waals surface area contributed by atoms with Gasteiger partial charge < -0.3 is 9.64 Å². The number of anilines is 1. The molecule has 0 spiro atoms. The van der Waals surface area contributed by atoms with E-state index in [0.717, 1.165) is 39.8 Å². The summed E-state index contributed by atoms with van der Waals surface area (Å²) in [5.74, 6) is 0.408. The van der Waals surface area contributed by atoms with Crippen LogP contribution in [0.15, 0.2) is 42.5 Å². The Hall–Kier alpha value is -2.08. The van der Waals surface area contributed by atoms with E-state index < -0.39 is 0 Å². The summed E-state index contributed by atoms with van der Waals surface area (Å²) in [7, 11) is 0. The molecule has 1 saturated carbocycles. The molecule has 1 unspecified atom stereocenters. The van der Waals surface area contributed by atoms with E-state index >= 15 is 0 Å². The number of aromatic nitrogens is 1. The van der Waals surface area contributed by atoms with Crippen LogP contribution in [0, 0.1) is 12.8 Å². The van der Waals surface area contributed by atoms with Gasteiger partial charge in [-0.05, 0) is 74.9 Å². The van der Waals surface area contributed by atoms with Crippen molar-refractivity contribution in [3.63, 3.8) is 0 Å². The zero-order valence-corrected chi connectivity index (χ0v) is 21.4. The average molecular weight is 503 g/mol. The van der Waals surface area contributed by atoms with Gasteiger partial charge in [0.1, 0.15) is 0 Å². The minimum absolute atomic E-state index is 0.287. The lowest BCUT2D eigenvalue weighted by Gasteiger charge is -2.31. The molecule has 4 rings (SSSR count). The molecule has 1 heterocycles. The fourth-order valence-electron chi connectivity index (χ4n) is 4.21. The Bertz CT molecular complexity index is 1130. The summed E-state index contributed by atoms with van der Waals surface area (Å²) in [5, 5.41) is 2.23. The van der Waals surface area contributed by atoms with Crippen LogP contribution in [0.1, 0.15) is 53.9 Å². The lowest BCUT2D eigenvalue weighted by molar-refractivity contribution is 0.0526. The zero-order chi connectivity index (χ0) is 23.5. The molecule has 1 fully saturated rings. The fraction of sp³-hybridized carbons (Fsp3) is 0.385. The molecule has 1 aliphatic rings. The summed E-state index contributed by atoms with van der Waals surface area (Å²) in [6.07, 6.45) is 3.58. The zero-order valence-electron chi connectivity index (χ0n) is 19.1. The van der Waals surface area contributed by atoms with Crippen LogP contribution in [0.5, 0.6) is 0 Å². The van der Waals surface area contributed by atoms with Crippen molar-refractivity contribution < 1.29 is 9.53 Å². The molecule has 4 nitrogen and oxygen atoms in total. The number of aryl methyl sites for hydroxylation is 1. The number of esters is 1. The summed E-state index contributed by atoms with van der Waals surface area (Å²) in [6, 6.07) is 13.7. The third kappa shape index (κ3) is 5.53. The maximum absolute atomic E-state index is 12.0. The molecule has 2 aromatic carbocycles. The Balaban J connectivity index is 1.65. The van der Waals surface area contributed by atoms with E-state index in [1.54, 1.807) is 17.4 Å². The van der Waals surface area contributed by atoms with Crippen LogP contribution in [-0.2, 0) is 11.3 Å². The first-order valence-electron chi connectivity index (χ1n) is 11.4. The van der Waals surface area contributed by atoms with Crippen LogP contribution < -0.4 is 4.90 Å². The normalized spacial score (nSPS) is 14.2. The second-order valence-corrected chi connectivity index (χ2v) is 10.4. The van der Waals surface area contributed by atoms with Crippen molar-refractivity contribution in [3.05, 3.63) is 68.5 Å². The van der Waals surface area contributed by atoms with Gasteiger partial charge in [0.15, 0.2) is 5.13 Å². The molecule has 0 amide bonds. The number of halogens is 2. The van der Waals surface area contributed by atoms with E-state index in [2.05, 4.69) is 18.7 Å². The number of rotatable bonds is 9. The van der Waals surface area contributed by atoms with Crippen molar-refractivity contribution in [3.8, 4) is 11.3 Å². The van der Waals surface area contributed by atoms with E-state index in [9.17, 15) is 4.79 Å². The predicted octanol–water partition coefficient (Wildman–Crippen LogP) is 7.80. The van der Waals surface area contributed by atoms with Gasteiger partial charge >= 0.3 is 5.97 Å². The van der Waals surface area contributed by atoms with Crippen LogP contribution in [0.25, 0.3) is 11.3 Å². The first kappa shape index (κ1) is 24.1. The second-order valence-electron chi connectivity index (χ2n) is 8.38. The first-order valence-corrected chi connectivity index (χ1v) is 12.9. The Morgan fingerprint density at radius 1 is 1.18 bits per heavy atom. The number of carbonyl (C=O) groups is 1. The van der Waals surface area contributed by atoms with Crippen LogP contribution in [0.3, 0.4) is 0 Å². The van der Waals surface area contributed by atoms with E-state index in [1.165, 1.54) is 12.8 Å². The topological polar surface area (TPSA) is 42.4 Å². The van der Waals surface area contributed by atoms with Gasteiger partial charge in [0.05, 0.1) is 22.9 Å². The predicted molar refractivity (Wildman–Crippen MR) is 138 cm³/mol. The van der Waals surface area contributed by atoms with Crippen molar-refractivity contribution >= 4 is 45.6 Å². The summed E-state index contributed by atoms with van der Waals surface area (Å²) in [5.41, 5.74) is 3.52. The number of ether oxygens (including phenoxy) is 1. The highest BCUT2D eigenvalue weighted by Crippen LogP contribution is 2.42. The van der Waals surface area contributed by atoms with E-state index in [4.69, 9.17) is 32.9 Å². The number of thiazole rings is 1. The molecule has 1 aliphatic carbocycles. The van der Waals surface area contributed by atoms with Crippen molar-refractivity contribution in [1.29, 1.82) is 0 Å². The third-order valence-corrected chi connectivity index (χ3v) is 7.58. The van der Waals surface area contributed by atoms with Gasteiger partial charge in [-0.3, -0.25) is 0 Å². The molecule has 3 aromatic rings. The summed E-state index contributed by atoms with van der Waals surface area (Å²) < 4.78 is 5.11. The fourth-order valence-corrected chi connectivity index (χ4v) is 5.69. The van der Waals surface area contributed by atoms with Crippen LogP contribution in [-0.4, -0.2) is 23.6 Å². The highest BCUT2D eigenvalue weighted by Gasteiger charge is 2.35. The molecule has 0 aliphatic heterocycles. The standard InChI is InChI=1S/C26H28Cl2N2O2S/c1-4-23(18-10-11-18)30(15-17-6-8-19(9-7-17)25(31)32-5-2)26-29-24(16(3)33-26)21-13-12-20(27)14-22(21)28/h6-9,12-14,18,23H,4-5,10-11,15H2,1-3H3. The van der Waals surface area contributed by atoms with Gasteiger partial charge in [-0.2, -0.15) is 0 Å². The number of hydrogen-bond donors (Lipinski definition) is 0. The molecule has 1 aromatic heterocycles. The highest BCUT2D eigenvalue weighted by molar-refractivity contribution is 7.16. The summed E-state index contributed by atoms with van der Waals surface area (Å²) >= 11 is 14.3. The Labute approximate surface area is 209 Å². The number of hydrogen-bond acceptors (Lipinski definition) is 5. The maximum Gasteiger partial charge on any atom is 0.338 e. The molecule has 0 radical (unpaired) electrons. The molecule has 1 atom stereocenters. The van der Waals surface area contributed by atoms with Gasteiger partial charge in [-0.1, -0.05) is 42.3 Å². The molecule has 0 saturated heterocycles. The first-order chi connectivity index (χ1) is 15.9. The molecule has 174 valence electrons. The van der Waals surface area contributed by atoms with Gasteiger partial charge in [0.25, 0.3) is 0 Å². The second kappa shape index (κ2) is 10.5. The lowest BCUT2D eigenvalue weighted by Crippen LogP contribution is -2.36. The van der Waals surface area contributed by atoms with Crippen molar-refractivity contribution in [2.24, 2.45) is 5.92 Å². The van der Waals surface area contributed by atoms with E-state index in [1.807, 2.05) is 43.3 Å². The largest absolute Gasteiger partial charge is 0.462 e. The number of carbonyl (C=O) groups excluding carboxylic acids is 1. The van der Waals surface area contributed by atoms with Crippen molar-refractivity contribution in [1.82, 2.24) is 4.98 Å². The summed E-state index contributed by atoms with van der Waals surface area (Å²) in [6.45, 7) is 7.26. The minimum atomic E-state index is -0.287. The van der Waals surface area contributed by atoms with Gasteiger partial charge in [-0.15, -0.1) is 11.3 Å². The minimum Gasteiger partial charge on any atom is -0.462 e. The Morgan fingerprint density at radius 3 is 2.52 bits per heavy atom. The smallest absolute Gasteiger partial charge is 0.338 e. The molecule has 0 N–H and O–H groups in total. The Morgan fingerprint density at radius 2 is 1.91 bits per heavy atom. The van der Waals surface area contributed by atoms with E-state index in [0.29, 0.717) is 34.2 Å². The lowest BCUT2D eigenvalue weighted by atomic mass is 10.1. The third-order valence-electron chi connectivity index (χ3n) is 6.02. The maximum atomic E-state index is 12.0.